The fourth-order valence-electron chi connectivity index (χ4n) is 5.34. The second-order valence-corrected chi connectivity index (χ2v) is 9.58. The largest absolute Gasteiger partial charge is 0.337 e. The normalized spacial score (nSPS) is 19.9. The molecule has 2 atom stereocenters. The minimum absolute atomic E-state index is 0.0623. The van der Waals surface area contributed by atoms with Crippen molar-refractivity contribution in [3.8, 4) is 11.1 Å². The first-order valence-electron chi connectivity index (χ1n) is 10.7. The molecule has 0 spiro atoms. The maximum atomic E-state index is 13.0. The van der Waals surface area contributed by atoms with Gasteiger partial charge in [-0.2, -0.15) is 0 Å². The Morgan fingerprint density at radius 2 is 1.77 bits per heavy atom. The molecule has 4 heterocycles. The number of piperidine rings is 1. The second-order valence-electron chi connectivity index (χ2n) is 8.63. The Morgan fingerprint density at radius 1 is 0.903 bits per heavy atom. The number of aromatic nitrogens is 1. The third kappa shape index (κ3) is 3.12. The Labute approximate surface area is 184 Å². The number of rotatable bonds is 2. The van der Waals surface area contributed by atoms with E-state index in [1.165, 1.54) is 22.1 Å². The maximum absolute atomic E-state index is 13.0. The molecule has 0 N–H and O–H groups in total. The van der Waals surface area contributed by atoms with Gasteiger partial charge in [-0.05, 0) is 52.3 Å². The summed E-state index contributed by atoms with van der Waals surface area (Å²) < 4.78 is 1.97. The van der Waals surface area contributed by atoms with Gasteiger partial charge in [-0.3, -0.25) is 9.59 Å². The highest BCUT2D eigenvalue weighted by atomic mass is 32.1. The Balaban J connectivity index is 1.44. The van der Waals surface area contributed by atoms with Gasteiger partial charge in [0.2, 0.25) is 0 Å². The zero-order valence-corrected chi connectivity index (χ0v) is 17.8. The van der Waals surface area contributed by atoms with Crippen molar-refractivity contribution in [3.63, 3.8) is 0 Å². The average molecular weight is 427 g/mol. The molecule has 1 amide bonds. The van der Waals surface area contributed by atoms with Crippen molar-refractivity contribution < 1.29 is 4.79 Å². The quantitative estimate of drug-likeness (QED) is 0.453. The zero-order valence-electron chi connectivity index (χ0n) is 17.0. The summed E-state index contributed by atoms with van der Waals surface area (Å²) in [6, 6.07) is 22.3. The van der Waals surface area contributed by atoms with Crippen LogP contribution in [-0.2, 0) is 6.54 Å². The predicted molar refractivity (Wildman–Crippen MR) is 125 cm³/mol. The highest BCUT2D eigenvalue weighted by molar-refractivity contribution is 7.12. The molecule has 4 nitrogen and oxygen atoms in total. The summed E-state index contributed by atoms with van der Waals surface area (Å²) in [6.07, 6.45) is 1.03. The molecule has 2 aromatic heterocycles. The Morgan fingerprint density at radius 3 is 2.61 bits per heavy atom. The molecule has 2 aliphatic heterocycles. The number of hydrogen-bond acceptors (Lipinski definition) is 3. The van der Waals surface area contributed by atoms with Crippen LogP contribution in [0.2, 0.25) is 0 Å². The van der Waals surface area contributed by atoms with Crippen molar-refractivity contribution in [2.75, 3.05) is 13.1 Å². The number of hydrogen-bond donors (Lipinski definition) is 0. The number of carbonyl (C=O) groups excluding carboxylic acids is 1. The lowest BCUT2D eigenvalue weighted by molar-refractivity contribution is 0.0600. The molecule has 0 saturated carbocycles. The van der Waals surface area contributed by atoms with Crippen LogP contribution in [0.25, 0.3) is 21.9 Å². The zero-order chi connectivity index (χ0) is 20.9. The molecule has 4 aromatic rings. The van der Waals surface area contributed by atoms with Gasteiger partial charge in [0, 0.05) is 42.9 Å². The Bertz CT molecular complexity index is 1360. The standard InChI is InChI=1S/C26H22N2O2S/c29-24-10-9-22(20-8-7-18-4-1-2-5-19(18)13-20)25-21-12-17(15-28(24)25)14-27(16-21)26(30)23-6-3-11-31-23/h1-11,13,17,21H,12,14-16H2/t17-,21+/m0/s1. The van der Waals surface area contributed by atoms with Crippen LogP contribution in [0.5, 0.6) is 0 Å². The van der Waals surface area contributed by atoms with E-state index in [1.807, 2.05) is 39.1 Å². The first kappa shape index (κ1) is 18.6. The second kappa shape index (κ2) is 7.20. The van der Waals surface area contributed by atoms with Gasteiger partial charge in [0.05, 0.1) is 4.88 Å². The van der Waals surface area contributed by atoms with Crippen molar-refractivity contribution in [2.45, 2.75) is 18.9 Å². The average Bonchev–Trinajstić information content (AvgIpc) is 3.34. The van der Waals surface area contributed by atoms with E-state index in [0.717, 1.165) is 34.7 Å². The van der Waals surface area contributed by atoms with E-state index in [2.05, 4.69) is 36.4 Å². The number of thiophene rings is 1. The summed E-state index contributed by atoms with van der Waals surface area (Å²) in [6.45, 7) is 2.07. The van der Waals surface area contributed by atoms with Gasteiger partial charge < -0.3 is 9.47 Å². The van der Waals surface area contributed by atoms with E-state index in [4.69, 9.17) is 0 Å². The van der Waals surface area contributed by atoms with Gasteiger partial charge in [0.1, 0.15) is 0 Å². The van der Waals surface area contributed by atoms with Gasteiger partial charge in [-0.25, -0.2) is 0 Å². The van der Waals surface area contributed by atoms with Crippen molar-refractivity contribution in [1.82, 2.24) is 9.47 Å². The minimum Gasteiger partial charge on any atom is -0.337 e. The third-order valence-corrected chi connectivity index (χ3v) is 7.53. The van der Waals surface area contributed by atoms with Crippen LogP contribution in [0.15, 0.2) is 76.9 Å². The Hall–Kier alpha value is -3.18. The van der Waals surface area contributed by atoms with Crippen molar-refractivity contribution in [1.29, 1.82) is 0 Å². The summed E-state index contributed by atoms with van der Waals surface area (Å²) in [5.41, 5.74) is 3.39. The molecule has 0 aliphatic carbocycles. The summed E-state index contributed by atoms with van der Waals surface area (Å²) in [7, 11) is 0. The molecule has 31 heavy (non-hydrogen) atoms. The van der Waals surface area contributed by atoms with E-state index in [0.29, 0.717) is 19.0 Å². The molecule has 2 bridgehead atoms. The number of amides is 1. The number of nitrogens with zero attached hydrogens (tertiary/aromatic N) is 2. The van der Waals surface area contributed by atoms with Crippen LogP contribution in [0.3, 0.4) is 0 Å². The van der Waals surface area contributed by atoms with Gasteiger partial charge in [0.15, 0.2) is 0 Å². The van der Waals surface area contributed by atoms with Crippen LogP contribution in [0.1, 0.15) is 27.7 Å². The van der Waals surface area contributed by atoms with E-state index >= 15 is 0 Å². The molecule has 0 radical (unpaired) electrons. The minimum atomic E-state index is 0.0623. The molecule has 1 saturated heterocycles. The maximum Gasteiger partial charge on any atom is 0.263 e. The molecule has 1 fully saturated rings. The first-order chi connectivity index (χ1) is 15.2. The smallest absolute Gasteiger partial charge is 0.263 e. The molecule has 0 unspecified atom stereocenters. The van der Waals surface area contributed by atoms with Crippen molar-refractivity contribution in [2.24, 2.45) is 5.92 Å². The van der Waals surface area contributed by atoms with Crippen molar-refractivity contribution in [3.05, 3.63) is 93.0 Å². The molecular formula is C26H22N2O2S. The first-order valence-corrected chi connectivity index (χ1v) is 11.6. The molecular weight excluding hydrogens is 404 g/mol. The van der Waals surface area contributed by atoms with E-state index < -0.39 is 0 Å². The SMILES string of the molecule is O=C(c1cccs1)N1C[C@@H]2C[C@H](C1)c1c(-c3ccc4ccccc4c3)ccc(=O)n1C2. The van der Waals surface area contributed by atoms with E-state index in [9.17, 15) is 9.59 Å². The fourth-order valence-corrected chi connectivity index (χ4v) is 6.03. The topological polar surface area (TPSA) is 42.3 Å². The van der Waals surface area contributed by atoms with Gasteiger partial charge in [-0.1, -0.05) is 42.5 Å². The molecule has 5 heteroatoms. The molecule has 6 rings (SSSR count). The highest BCUT2D eigenvalue weighted by Gasteiger charge is 2.38. The van der Waals surface area contributed by atoms with Crippen LogP contribution >= 0.6 is 11.3 Å². The number of fused-ring (bicyclic) bond motifs is 5. The molecule has 2 aliphatic rings. The van der Waals surface area contributed by atoms with Crippen LogP contribution in [0, 0.1) is 5.92 Å². The van der Waals surface area contributed by atoms with E-state index in [1.54, 1.807) is 6.07 Å². The van der Waals surface area contributed by atoms with Crippen molar-refractivity contribution >= 4 is 28.0 Å². The summed E-state index contributed by atoms with van der Waals surface area (Å²) in [4.78, 5) is 28.6. The van der Waals surface area contributed by atoms with Crippen LogP contribution < -0.4 is 5.56 Å². The van der Waals surface area contributed by atoms with Gasteiger partial charge >= 0.3 is 0 Å². The number of carbonyl (C=O) groups is 1. The summed E-state index contributed by atoms with van der Waals surface area (Å²) in [5, 5.41) is 4.35. The number of benzene rings is 2. The molecule has 154 valence electrons. The monoisotopic (exact) mass is 426 g/mol. The molecule has 2 aromatic carbocycles. The van der Waals surface area contributed by atoms with Gasteiger partial charge in [-0.15, -0.1) is 11.3 Å². The lowest BCUT2D eigenvalue weighted by atomic mass is 9.80. The lowest BCUT2D eigenvalue weighted by Gasteiger charge is -2.43. The number of likely N-dealkylation sites (tertiary alicyclic amines) is 1. The highest BCUT2D eigenvalue weighted by Crippen LogP contribution is 2.40. The number of pyridine rings is 1. The predicted octanol–water partition coefficient (Wildman–Crippen LogP) is 4.99. The van der Waals surface area contributed by atoms with Crippen LogP contribution in [0.4, 0.5) is 0 Å². The lowest BCUT2D eigenvalue weighted by Crippen LogP contribution is -2.49. The summed E-state index contributed by atoms with van der Waals surface area (Å²) >= 11 is 1.50. The van der Waals surface area contributed by atoms with Gasteiger partial charge in [0.25, 0.3) is 11.5 Å². The summed E-state index contributed by atoms with van der Waals surface area (Å²) in [5.74, 6) is 0.607. The fraction of sp³-hybridized carbons (Fsp3) is 0.231. The van der Waals surface area contributed by atoms with Crippen LogP contribution in [-0.4, -0.2) is 28.5 Å². The van der Waals surface area contributed by atoms with E-state index in [-0.39, 0.29) is 17.4 Å². The third-order valence-electron chi connectivity index (χ3n) is 6.67. The Kier molecular flexibility index (Phi) is 4.32.